The van der Waals surface area contributed by atoms with Gasteiger partial charge in [-0.25, -0.2) is 0 Å². The van der Waals surface area contributed by atoms with Gasteiger partial charge in [-0.2, -0.15) is 30.7 Å². The average molecular weight is 265 g/mol. The minimum atomic E-state index is -4.80. The Hall–Kier alpha value is -0.950. The number of alkyl halides is 6. The predicted molar refractivity (Wildman–Crippen MR) is 45.6 cm³/mol. The highest BCUT2D eigenvalue weighted by Crippen LogP contribution is 2.35. The van der Waals surface area contributed by atoms with Crippen molar-refractivity contribution in [2.75, 3.05) is 13.1 Å². The van der Waals surface area contributed by atoms with Gasteiger partial charge in [-0.15, -0.1) is 0 Å². The Morgan fingerprint density at radius 2 is 1.47 bits per heavy atom. The van der Waals surface area contributed by atoms with Gasteiger partial charge >= 0.3 is 12.4 Å². The molecule has 1 saturated heterocycles. The van der Waals surface area contributed by atoms with E-state index >= 15 is 0 Å². The van der Waals surface area contributed by atoms with Crippen LogP contribution < -0.4 is 0 Å². The van der Waals surface area contributed by atoms with Crippen molar-refractivity contribution in [3.63, 3.8) is 0 Å². The van der Waals surface area contributed by atoms with Gasteiger partial charge in [0, 0.05) is 13.1 Å². The molecule has 1 aliphatic heterocycles. The third-order valence-corrected chi connectivity index (χ3v) is 2.54. The SMILES string of the molecule is F/C(=C\C(F)(F)F)N1CCC(C(F)(F)F)CC1. The number of hydrogen-bond acceptors (Lipinski definition) is 1. The molecule has 0 unspecified atom stereocenters. The first-order chi connectivity index (χ1) is 7.59. The van der Waals surface area contributed by atoms with E-state index in [9.17, 15) is 30.7 Å². The zero-order chi connectivity index (χ0) is 13.3. The van der Waals surface area contributed by atoms with Crippen LogP contribution in [0.25, 0.3) is 0 Å². The van der Waals surface area contributed by atoms with Gasteiger partial charge in [0.15, 0.2) is 5.95 Å². The summed E-state index contributed by atoms with van der Waals surface area (Å²) in [4.78, 5) is 0.676. The Balaban J connectivity index is 2.56. The summed E-state index contributed by atoms with van der Waals surface area (Å²) in [6, 6.07) is 0. The molecule has 0 aromatic heterocycles. The second kappa shape index (κ2) is 4.73. The van der Waals surface area contributed by atoms with Crippen LogP contribution in [0.4, 0.5) is 30.7 Å². The van der Waals surface area contributed by atoms with Crippen LogP contribution in [-0.4, -0.2) is 30.3 Å². The first kappa shape index (κ1) is 14.1. The molecule has 0 saturated carbocycles. The normalized spacial score (nSPS) is 20.9. The fraction of sp³-hybridized carbons (Fsp3) is 0.778. The monoisotopic (exact) mass is 265 g/mol. The fourth-order valence-corrected chi connectivity index (χ4v) is 1.65. The van der Waals surface area contributed by atoms with Crippen molar-refractivity contribution in [2.24, 2.45) is 5.92 Å². The summed E-state index contributed by atoms with van der Waals surface area (Å²) in [6.07, 6.45) is -10.5. The van der Waals surface area contributed by atoms with Crippen LogP contribution in [-0.2, 0) is 0 Å². The molecular weight excluding hydrogens is 255 g/mol. The van der Waals surface area contributed by atoms with Crippen molar-refractivity contribution in [3.8, 4) is 0 Å². The summed E-state index contributed by atoms with van der Waals surface area (Å²) >= 11 is 0. The molecule has 1 nitrogen and oxygen atoms in total. The van der Waals surface area contributed by atoms with E-state index in [1.54, 1.807) is 0 Å². The van der Waals surface area contributed by atoms with Gasteiger partial charge in [-0.1, -0.05) is 0 Å². The molecule has 0 atom stereocenters. The Bertz CT molecular complexity index is 283. The van der Waals surface area contributed by atoms with Gasteiger partial charge in [-0.3, -0.25) is 0 Å². The number of halogens is 7. The zero-order valence-corrected chi connectivity index (χ0v) is 8.58. The first-order valence-corrected chi connectivity index (χ1v) is 4.86. The maximum absolute atomic E-state index is 13.0. The number of hydrogen-bond donors (Lipinski definition) is 0. The van der Waals surface area contributed by atoms with Crippen LogP contribution in [0, 0.1) is 5.92 Å². The van der Waals surface area contributed by atoms with Crippen LogP contribution >= 0.6 is 0 Å². The molecule has 1 rings (SSSR count). The zero-order valence-electron chi connectivity index (χ0n) is 8.58. The summed E-state index contributed by atoms with van der Waals surface area (Å²) in [5.74, 6) is -3.09. The van der Waals surface area contributed by atoms with Crippen LogP contribution in [0.15, 0.2) is 12.0 Å². The number of rotatable bonds is 1. The number of nitrogens with zero attached hydrogens (tertiary/aromatic N) is 1. The molecule has 0 aliphatic carbocycles. The topological polar surface area (TPSA) is 3.24 Å². The van der Waals surface area contributed by atoms with Crippen molar-refractivity contribution in [1.29, 1.82) is 0 Å². The molecule has 17 heavy (non-hydrogen) atoms. The molecule has 0 bridgehead atoms. The molecule has 0 aromatic rings. The molecule has 0 N–H and O–H groups in total. The van der Waals surface area contributed by atoms with E-state index in [1.165, 1.54) is 0 Å². The van der Waals surface area contributed by atoms with Crippen LogP contribution in [0.5, 0.6) is 0 Å². The molecule has 1 heterocycles. The second-order valence-corrected chi connectivity index (χ2v) is 3.81. The maximum Gasteiger partial charge on any atom is 0.414 e. The van der Waals surface area contributed by atoms with Gasteiger partial charge in [0.25, 0.3) is 0 Å². The second-order valence-electron chi connectivity index (χ2n) is 3.81. The van der Waals surface area contributed by atoms with Crippen molar-refractivity contribution in [3.05, 3.63) is 12.0 Å². The van der Waals surface area contributed by atoms with Crippen LogP contribution in [0.2, 0.25) is 0 Å². The standard InChI is InChI=1S/C9H10F7N/c10-7(5-8(11,12)13)17-3-1-6(2-4-17)9(14,15)16/h5-6H,1-4H2/b7-5+. The summed E-state index contributed by atoms with van der Waals surface area (Å²) in [5, 5.41) is 0. The van der Waals surface area contributed by atoms with E-state index in [1.807, 2.05) is 0 Å². The molecular formula is C9H10F7N. The molecule has 1 aliphatic rings. The summed E-state index contributed by atoms with van der Waals surface area (Å²) < 4.78 is 85.1. The lowest BCUT2D eigenvalue weighted by atomic mass is 9.96. The fourth-order valence-electron chi connectivity index (χ4n) is 1.65. The quantitative estimate of drug-likeness (QED) is 0.517. The van der Waals surface area contributed by atoms with Gasteiger partial charge in [0.2, 0.25) is 0 Å². The van der Waals surface area contributed by atoms with Gasteiger partial charge in [0.05, 0.1) is 12.0 Å². The van der Waals surface area contributed by atoms with E-state index in [0.717, 1.165) is 0 Å². The largest absolute Gasteiger partial charge is 0.414 e. The van der Waals surface area contributed by atoms with Gasteiger partial charge in [0.1, 0.15) is 0 Å². The minimum absolute atomic E-state index is 0.359. The maximum atomic E-state index is 13.0. The first-order valence-electron chi connectivity index (χ1n) is 4.86. The third kappa shape index (κ3) is 4.43. The number of allylic oxidation sites excluding steroid dienone is 1. The highest BCUT2D eigenvalue weighted by atomic mass is 19.4. The third-order valence-electron chi connectivity index (χ3n) is 2.54. The lowest BCUT2D eigenvalue weighted by molar-refractivity contribution is -0.184. The minimum Gasteiger partial charge on any atom is -0.349 e. The molecule has 0 amide bonds. The smallest absolute Gasteiger partial charge is 0.349 e. The van der Waals surface area contributed by atoms with Gasteiger partial charge < -0.3 is 4.90 Å². The average Bonchev–Trinajstić information content (AvgIpc) is 2.14. The van der Waals surface area contributed by atoms with E-state index in [4.69, 9.17) is 0 Å². The highest BCUT2D eigenvalue weighted by molar-refractivity contribution is 4.98. The molecule has 0 radical (unpaired) electrons. The molecule has 0 spiro atoms. The number of likely N-dealkylation sites (tertiary alicyclic amines) is 1. The van der Waals surface area contributed by atoms with Gasteiger partial charge in [-0.05, 0) is 12.8 Å². The molecule has 0 aromatic carbocycles. The van der Waals surface area contributed by atoms with E-state index < -0.39 is 30.3 Å². The lowest BCUT2D eigenvalue weighted by Crippen LogP contribution is -2.38. The van der Waals surface area contributed by atoms with Crippen molar-refractivity contribution < 1.29 is 30.7 Å². The Labute approximate surface area is 92.9 Å². The van der Waals surface area contributed by atoms with Crippen molar-refractivity contribution in [2.45, 2.75) is 25.2 Å². The molecule has 8 heteroatoms. The Morgan fingerprint density at radius 3 is 1.82 bits per heavy atom. The van der Waals surface area contributed by atoms with E-state index in [2.05, 4.69) is 0 Å². The lowest BCUT2D eigenvalue weighted by Gasteiger charge is -2.33. The van der Waals surface area contributed by atoms with Crippen LogP contribution in [0.1, 0.15) is 12.8 Å². The Kier molecular flexibility index (Phi) is 3.93. The summed E-state index contributed by atoms with van der Waals surface area (Å²) in [7, 11) is 0. The van der Waals surface area contributed by atoms with E-state index in [0.29, 0.717) is 4.90 Å². The summed E-state index contributed by atoms with van der Waals surface area (Å²) in [6.45, 7) is -0.717. The molecule has 100 valence electrons. The summed E-state index contributed by atoms with van der Waals surface area (Å²) in [5.41, 5.74) is 0. The van der Waals surface area contributed by atoms with Crippen molar-refractivity contribution >= 4 is 0 Å². The predicted octanol–water partition coefficient (Wildman–Crippen LogP) is 3.63. The highest BCUT2D eigenvalue weighted by Gasteiger charge is 2.41. The van der Waals surface area contributed by atoms with Crippen molar-refractivity contribution in [1.82, 2.24) is 4.90 Å². The number of piperidine rings is 1. The van der Waals surface area contributed by atoms with E-state index in [-0.39, 0.29) is 25.9 Å². The van der Waals surface area contributed by atoms with Crippen LogP contribution in [0.3, 0.4) is 0 Å². The molecule has 1 fully saturated rings. The Morgan fingerprint density at radius 1 is 1.00 bits per heavy atom.